The van der Waals surface area contributed by atoms with Crippen molar-refractivity contribution in [3.05, 3.63) is 261 Å². The van der Waals surface area contributed by atoms with E-state index in [4.69, 9.17) is 0 Å². The van der Waals surface area contributed by atoms with E-state index in [0.29, 0.717) is 51.4 Å². The van der Waals surface area contributed by atoms with Crippen LogP contribution >= 0.6 is 0 Å². The number of nitrogens with one attached hydrogen (secondary N) is 3. The van der Waals surface area contributed by atoms with Gasteiger partial charge in [0.15, 0.2) is 0 Å². The smallest absolute Gasteiger partial charge is 0.255 e. The van der Waals surface area contributed by atoms with Gasteiger partial charge in [0.2, 0.25) is 11.8 Å². The van der Waals surface area contributed by atoms with Gasteiger partial charge in [-0.15, -0.1) is 0 Å². The molecular formula is C88H121N15O4. The number of anilines is 6. The van der Waals surface area contributed by atoms with Crippen molar-refractivity contribution >= 4 is 57.8 Å². The maximum atomic E-state index is 13.4. The van der Waals surface area contributed by atoms with Crippen LogP contribution in [0.25, 0.3) is 0 Å². The Morgan fingerprint density at radius 1 is 0.355 bits per heavy atom. The fourth-order valence-electron chi connectivity index (χ4n) is 12.2. The van der Waals surface area contributed by atoms with Crippen LogP contribution in [-0.2, 0) is 61.9 Å². The first-order valence-electron chi connectivity index (χ1n) is 37.1. The molecule has 572 valence electrons. The molecule has 19 nitrogen and oxygen atoms in total. The van der Waals surface area contributed by atoms with Gasteiger partial charge in [-0.2, -0.15) is 0 Å². The summed E-state index contributed by atoms with van der Waals surface area (Å²) in [5.74, 6) is -0.304. The molecule has 0 aromatic heterocycles. The molecule has 1 aliphatic rings. The highest BCUT2D eigenvalue weighted by Gasteiger charge is 2.22. The topological polar surface area (TPSA) is 143 Å². The predicted octanol–water partition coefficient (Wildman–Crippen LogP) is 12.2. The maximum absolute atomic E-state index is 13.4. The molecule has 8 aromatic carbocycles. The van der Waals surface area contributed by atoms with Crippen LogP contribution in [0.2, 0.25) is 0 Å². The molecule has 1 heterocycles. The number of likely N-dealkylation sites (N-methyl/N-ethyl adjacent to an activating group) is 4. The van der Waals surface area contributed by atoms with Crippen LogP contribution in [0.15, 0.2) is 194 Å². The fourth-order valence-corrected chi connectivity index (χ4v) is 12.2. The Balaban J connectivity index is 0.000000224. The van der Waals surface area contributed by atoms with Crippen molar-refractivity contribution in [2.24, 2.45) is 0 Å². The molecule has 1 aliphatic heterocycles. The predicted molar refractivity (Wildman–Crippen MR) is 447 cm³/mol. The number of piperazine rings is 1. The summed E-state index contributed by atoms with van der Waals surface area (Å²) in [6.07, 6.45) is 2.70. The van der Waals surface area contributed by atoms with Crippen LogP contribution in [0.1, 0.15) is 76.4 Å². The van der Waals surface area contributed by atoms with E-state index in [1.165, 1.54) is 68.2 Å². The van der Waals surface area contributed by atoms with E-state index in [1.54, 1.807) is 4.90 Å². The Hall–Kier alpha value is -10.0. The number of amides is 4. The normalized spacial score (nSPS) is 12.1. The first-order chi connectivity index (χ1) is 51.0. The summed E-state index contributed by atoms with van der Waals surface area (Å²) in [7, 11) is 32.5. The Labute approximate surface area is 640 Å². The molecule has 0 bridgehead atoms. The molecule has 8 aromatic rings. The first kappa shape index (κ1) is 84.2. The van der Waals surface area contributed by atoms with Crippen molar-refractivity contribution in [3.8, 4) is 0 Å². The number of nitrogens with zero attached hydrogens (tertiary/aromatic N) is 12. The summed E-state index contributed by atoms with van der Waals surface area (Å²) in [5.41, 5.74) is 19.8. The van der Waals surface area contributed by atoms with E-state index in [0.717, 1.165) is 98.2 Å². The Bertz CT molecular complexity index is 4060. The van der Waals surface area contributed by atoms with Gasteiger partial charge in [-0.1, -0.05) is 120 Å². The number of aryl methyl sites for hydroxylation is 2. The number of carbonyl (C=O) groups is 4. The highest BCUT2D eigenvalue weighted by molar-refractivity contribution is 6.00. The summed E-state index contributed by atoms with van der Waals surface area (Å²) < 4.78 is 0. The SMILES string of the molecule is CN(C)c1ccc(CNC(=O)/C=C/C(=O)N2CCN(Cc3ccc(N(C)C)cc3)CC2)cc1.Cc1ccc(NCc2ccc(CN(C)C)cc2)c(C(=O)N(C)CCN(C)Cc2ccc(CN(C)C)cc2)c1.Cc1ccc(NCc2ccc(N(C)C)cc2)c(C(=O)N(C)CCN(C)Cc2ccc(N(C)C)cc2)c1. The van der Waals surface area contributed by atoms with Crippen molar-refractivity contribution in [1.82, 2.24) is 44.5 Å². The Morgan fingerprint density at radius 3 is 1.03 bits per heavy atom. The average Bonchev–Trinajstić information content (AvgIpc) is 0.841. The maximum Gasteiger partial charge on any atom is 0.255 e. The Morgan fingerprint density at radius 2 is 0.673 bits per heavy atom. The molecule has 1 saturated heterocycles. The average molecular weight is 1450 g/mol. The molecule has 4 amide bonds. The lowest BCUT2D eigenvalue weighted by atomic mass is 10.1. The fraction of sp³-hybridized carbons (Fsp3) is 0.386. The van der Waals surface area contributed by atoms with Gasteiger partial charge in [0.1, 0.15) is 0 Å². The van der Waals surface area contributed by atoms with Crippen LogP contribution in [-0.4, -0.2) is 228 Å². The van der Waals surface area contributed by atoms with Crippen LogP contribution in [0, 0.1) is 13.8 Å². The zero-order chi connectivity index (χ0) is 77.7. The molecule has 0 atom stereocenters. The van der Waals surface area contributed by atoms with Crippen molar-refractivity contribution in [3.63, 3.8) is 0 Å². The van der Waals surface area contributed by atoms with Crippen molar-refractivity contribution in [2.75, 3.05) is 195 Å². The summed E-state index contributed by atoms with van der Waals surface area (Å²) in [6.45, 7) is 16.2. The number of benzene rings is 8. The van der Waals surface area contributed by atoms with Crippen LogP contribution in [0.3, 0.4) is 0 Å². The number of rotatable bonds is 32. The van der Waals surface area contributed by atoms with E-state index in [9.17, 15) is 19.2 Å². The molecule has 1 fully saturated rings. The molecule has 19 heteroatoms. The third-order valence-electron chi connectivity index (χ3n) is 18.8. The third kappa shape index (κ3) is 28.7. The van der Waals surface area contributed by atoms with Gasteiger partial charge < -0.3 is 69.8 Å². The van der Waals surface area contributed by atoms with Crippen LogP contribution < -0.4 is 35.6 Å². The zero-order valence-electron chi connectivity index (χ0n) is 67.3. The lowest BCUT2D eigenvalue weighted by Gasteiger charge is -2.34. The summed E-state index contributed by atoms with van der Waals surface area (Å²) in [4.78, 5) is 76.3. The minimum atomic E-state index is -0.264. The van der Waals surface area contributed by atoms with Gasteiger partial charge in [-0.3, -0.25) is 24.1 Å². The van der Waals surface area contributed by atoms with Gasteiger partial charge in [0.25, 0.3) is 11.8 Å². The minimum Gasteiger partial charge on any atom is -0.380 e. The second kappa shape index (κ2) is 42.4. The van der Waals surface area contributed by atoms with Crippen LogP contribution in [0.4, 0.5) is 34.1 Å². The van der Waals surface area contributed by atoms with E-state index in [2.05, 4.69) is 225 Å². The largest absolute Gasteiger partial charge is 0.380 e. The molecule has 9 rings (SSSR count). The standard InChI is InChI=1S/C32H45N5O.C30H41N5O.C26H35N5O2/c1-25-8-17-31(33-21-26-9-11-27(12-10-26)22-34(2)3)30(20-25)32(38)37(7)19-18-36(6)24-29-15-13-28(14-16-29)23-35(4)5;1-23-8-17-29(31-21-24-9-13-26(14-10-24)32(2)3)28(20-23)30(36)35(7)19-18-34(6)22-25-11-15-27(16-12-25)33(4)5;1-28(2)23-9-5-21(6-10-23)19-27-25(32)13-14-26(33)31-17-15-30(16-18-31)20-22-7-11-24(12-8-22)29(3)4/h8-17,20,33H,18-19,21-24H2,1-7H3;8-17,20,31H,18-19,21-22H2,1-7H3;5-14H,15-20H2,1-4H3,(H,27,32)/b;;14-13+. The number of hydrogen-bond acceptors (Lipinski definition) is 15. The summed E-state index contributed by atoms with van der Waals surface area (Å²) in [6, 6.07) is 63.2. The van der Waals surface area contributed by atoms with E-state index in [1.807, 2.05) is 154 Å². The van der Waals surface area contributed by atoms with E-state index < -0.39 is 0 Å². The second-order valence-corrected chi connectivity index (χ2v) is 29.7. The van der Waals surface area contributed by atoms with E-state index in [-0.39, 0.29) is 23.6 Å². The Kier molecular flexibility index (Phi) is 33.3. The molecule has 0 saturated carbocycles. The third-order valence-corrected chi connectivity index (χ3v) is 18.8. The lowest BCUT2D eigenvalue weighted by Crippen LogP contribution is -2.47. The summed E-state index contributed by atoms with van der Waals surface area (Å²) >= 11 is 0. The first-order valence-corrected chi connectivity index (χ1v) is 37.1. The van der Waals surface area contributed by atoms with Gasteiger partial charge in [-0.25, -0.2) is 0 Å². The molecule has 0 spiro atoms. The monoisotopic (exact) mass is 1450 g/mol. The number of carbonyl (C=O) groups excluding carboxylic acids is 4. The zero-order valence-corrected chi connectivity index (χ0v) is 67.3. The van der Waals surface area contributed by atoms with Crippen molar-refractivity contribution in [1.29, 1.82) is 0 Å². The molecule has 0 unspecified atom stereocenters. The van der Waals surface area contributed by atoms with Crippen molar-refractivity contribution < 1.29 is 19.2 Å². The minimum absolute atomic E-state index is 0.0351. The van der Waals surface area contributed by atoms with Crippen LogP contribution in [0.5, 0.6) is 0 Å². The molecule has 3 N–H and O–H groups in total. The number of hydrogen-bond donors (Lipinski definition) is 3. The van der Waals surface area contributed by atoms with Gasteiger partial charge in [0.05, 0.1) is 11.1 Å². The van der Waals surface area contributed by atoms with Gasteiger partial charge in [0, 0.05) is 221 Å². The lowest BCUT2D eigenvalue weighted by molar-refractivity contribution is -0.128. The van der Waals surface area contributed by atoms with Crippen molar-refractivity contribution in [2.45, 2.75) is 66.2 Å². The molecular weight excluding hydrogens is 1330 g/mol. The van der Waals surface area contributed by atoms with Gasteiger partial charge in [-0.05, 0) is 173 Å². The van der Waals surface area contributed by atoms with Gasteiger partial charge >= 0.3 is 0 Å². The second-order valence-electron chi connectivity index (χ2n) is 29.7. The quantitative estimate of drug-likeness (QED) is 0.0344. The summed E-state index contributed by atoms with van der Waals surface area (Å²) in [5, 5.41) is 9.80. The molecule has 0 radical (unpaired) electrons. The molecule has 0 aliphatic carbocycles. The highest BCUT2D eigenvalue weighted by Crippen LogP contribution is 2.25. The highest BCUT2D eigenvalue weighted by atomic mass is 16.2. The molecule has 107 heavy (non-hydrogen) atoms. The van der Waals surface area contributed by atoms with E-state index >= 15 is 0 Å².